The average molecular weight is 535 g/mol. The van der Waals surface area contributed by atoms with Gasteiger partial charge >= 0.3 is 0 Å². The van der Waals surface area contributed by atoms with Gasteiger partial charge in [0, 0.05) is 6.42 Å². The molecule has 0 aliphatic rings. The smallest absolute Gasteiger partial charge is 0.243 e. The summed E-state index contributed by atoms with van der Waals surface area (Å²) >= 11 is 1.46. The second-order valence-corrected chi connectivity index (χ2v) is 10.9. The minimum atomic E-state index is -0.693. The molecule has 0 aliphatic carbocycles. The van der Waals surface area contributed by atoms with E-state index in [2.05, 4.69) is 10.6 Å². The molecule has 1 aromatic heterocycles. The Morgan fingerprint density at radius 3 is 2.16 bits per heavy atom. The molecule has 7 heteroatoms. The second-order valence-electron chi connectivity index (χ2n) is 9.88. The molecule has 0 saturated heterocycles. The number of rotatable bonds is 16. The van der Waals surface area contributed by atoms with Gasteiger partial charge in [-0.15, -0.1) is 11.8 Å². The molecule has 2 aromatic carbocycles. The summed E-state index contributed by atoms with van der Waals surface area (Å²) in [6, 6.07) is 22.0. The first-order valence-electron chi connectivity index (χ1n) is 13.2. The van der Waals surface area contributed by atoms with Crippen LogP contribution in [0.25, 0.3) is 0 Å². The number of amides is 2. The normalized spacial score (nSPS) is 12.6. The van der Waals surface area contributed by atoms with E-state index in [1.54, 1.807) is 6.26 Å². The van der Waals surface area contributed by atoms with Gasteiger partial charge in [0.15, 0.2) is 5.78 Å². The summed E-state index contributed by atoms with van der Waals surface area (Å²) in [6.45, 7) is 4.03. The lowest BCUT2D eigenvalue weighted by Crippen LogP contribution is -2.53. The minimum Gasteiger partial charge on any atom is -0.468 e. The van der Waals surface area contributed by atoms with E-state index < -0.39 is 12.1 Å². The quantitative estimate of drug-likeness (QED) is 0.258. The van der Waals surface area contributed by atoms with Crippen LogP contribution in [0.2, 0.25) is 0 Å². The Labute approximate surface area is 230 Å². The summed E-state index contributed by atoms with van der Waals surface area (Å²) in [5.74, 6) is 1.30. The van der Waals surface area contributed by atoms with E-state index >= 15 is 0 Å². The highest BCUT2D eigenvalue weighted by Gasteiger charge is 2.27. The van der Waals surface area contributed by atoms with Crippen LogP contribution in [0.3, 0.4) is 0 Å². The zero-order chi connectivity index (χ0) is 27.2. The van der Waals surface area contributed by atoms with Crippen molar-refractivity contribution in [2.24, 2.45) is 5.92 Å². The maximum Gasteiger partial charge on any atom is 0.243 e. The van der Waals surface area contributed by atoms with Gasteiger partial charge in [0.25, 0.3) is 0 Å². The van der Waals surface area contributed by atoms with Crippen molar-refractivity contribution in [1.29, 1.82) is 0 Å². The van der Waals surface area contributed by atoms with E-state index in [9.17, 15) is 14.4 Å². The van der Waals surface area contributed by atoms with Crippen LogP contribution in [-0.4, -0.2) is 35.4 Å². The summed E-state index contributed by atoms with van der Waals surface area (Å²) < 4.78 is 5.35. The SMILES string of the molecule is CC(C)C[C@H](NC(=O)CCCc1ccccc1)C(=O)N[C@@H](Cc1ccccc1)C(=O)CSCc1ccco1. The Morgan fingerprint density at radius 1 is 0.842 bits per heavy atom. The maximum atomic E-state index is 13.4. The lowest BCUT2D eigenvalue weighted by atomic mass is 9.99. The van der Waals surface area contributed by atoms with Crippen LogP contribution < -0.4 is 10.6 Å². The standard InChI is InChI=1S/C31H38N2O4S/c1-23(2)19-28(32-30(35)17-9-15-24-11-5-3-6-12-24)31(36)33-27(20-25-13-7-4-8-14-25)29(34)22-38-21-26-16-10-18-37-26/h3-8,10-14,16,18,23,27-28H,9,15,17,19-22H2,1-2H3,(H,32,35)(H,33,36)/t27-,28-/m0/s1. The molecule has 3 aromatic rings. The fourth-order valence-corrected chi connectivity index (χ4v) is 5.05. The third-order valence-electron chi connectivity index (χ3n) is 6.13. The molecule has 0 unspecified atom stereocenters. The molecule has 0 bridgehead atoms. The van der Waals surface area contributed by atoms with Crippen molar-refractivity contribution in [1.82, 2.24) is 10.6 Å². The molecule has 0 fully saturated rings. The Kier molecular flexibility index (Phi) is 12.2. The van der Waals surface area contributed by atoms with E-state index in [-0.39, 0.29) is 29.3 Å². The first-order chi connectivity index (χ1) is 18.4. The van der Waals surface area contributed by atoms with Gasteiger partial charge in [-0.25, -0.2) is 0 Å². The third-order valence-corrected chi connectivity index (χ3v) is 7.10. The summed E-state index contributed by atoms with van der Waals surface area (Å²) in [6.07, 6.45) is 4.35. The van der Waals surface area contributed by atoms with Crippen molar-refractivity contribution in [2.75, 3.05) is 5.75 Å². The van der Waals surface area contributed by atoms with Crippen molar-refractivity contribution in [3.05, 3.63) is 95.9 Å². The molecule has 0 radical (unpaired) electrons. The fourth-order valence-electron chi connectivity index (χ4n) is 4.18. The Balaban J connectivity index is 1.60. The molecule has 2 N–H and O–H groups in total. The number of nitrogens with one attached hydrogen (secondary N) is 2. The van der Waals surface area contributed by atoms with Crippen LogP contribution in [0.4, 0.5) is 0 Å². The number of carbonyl (C=O) groups excluding carboxylic acids is 3. The van der Waals surface area contributed by atoms with E-state index in [4.69, 9.17) is 4.42 Å². The van der Waals surface area contributed by atoms with Gasteiger partial charge in [0.1, 0.15) is 11.8 Å². The number of aryl methyl sites for hydroxylation is 1. The molecule has 202 valence electrons. The van der Waals surface area contributed by atoms with Crippen LogP contribution in [-0.2, 0) is 33.0 Å². The zero-order valence-corrected chi connectivity index (χ0v) is 23.0. The molecule has 0 saturated carbocycles. The van der Waals surface area contributed by atoms with Gasteiger partial charge in [0.05, 0.1) is 23.8 Å². The summed E-state index contributed by atoms with van der Waals surface area (Å²) in [5, 5.41) is 5.89. The number of ketones is 1. The topological polar surface area (TPSA) is 88.4 Å². The molecule has 2 atom stereocenters. The van der Waals surface area contributed by atoms with Crippen LogP contribution in [0.1, 0.15) is 50.0 Å². The molecule has 0 spiro atoms. The zero-order valence-electron chi connectivity index (χ0n) is 22.2. The van der Waals surface area contributed by atoms with E-state index in [0.29, 0.717) is 31.4 Å². The van der Waals surface area contributed by atoms with Gasteiger partial charge in [-0.3, -0.25) is 14.4 Å². The summed E-state index contributed by atoms with van der Waals surface area (Å²) in [5.41, 5.74) is 2.15. The van der Waals surface area contributed by atoms with Crippen molar-refractivity contribution in [3.8, 4) is 0 Å². The lowest BCUT2D eigenvalue weighted by molar-refractivity contribution is -0.131. The molecule has 6 nitrogen and oxygen atoms in total. The maximum absolute atomic E-state index is 13.4. The number of furan rings is 1. The predicted molar refractivity (Wildman–Crippen MR) is 153 cm³/mol. The second kappa shape index (κ2) is 15.8. The number of thioether (sulfide) groups is 1. The minimum absolute atomic E-state index is 0.0590. The Morgan fingerprint density at radius 2 is 1.53 bits per heavy atom. The number of Topliss-reactive ketones (excluding diaryl/α,β-unsaturated/α-hetero) is 1. The molecule has 0 aliphatic heterocycles. The highest BCUT2D eigenvalue weighted by molar-refractivity contribution is 7.99. The van der Waals surface area contributed by atoms with Crippen LogP contribution in [0.5, 0.6) is 0 Å². The van der Waals surface area contributed by atoms with E-state index in [1.165, 1.54) is 17.3 Å². The molecule has 1 heterocycles. The molecular formula is C31H38N2O4S. The Bertz CT molecular complexity index is 1120. The number of hydrogen-bond acceptors (Lipinski definition) is 5. The monoisotopic (exact) mass is 534 g/mol. The van der Waals surface area contributed by atoms with Crippen molar-refractivity contribution in [2.45, 2.75) is 63.8 Å². The van der Waals surface area contributed by atoms with Crippen molar-refractivity contribution >= 4 is 29.4 Å². The average Bonchev–Trinajstić information content (AvgIpc) is 3.42. The first-order valence-corrected chi connectivity index (χ1v) is 14.4. The van der Waals surface area contributed by atoms with Crippen molar-refractivity contribution < 1.29 is 18.8 Å². The number of benzene rings is 2. The lowest BCUT2D eigenvalue weighted by Gasteiger charge is -2.24. The number of hydrogen-bond donors (Lipinski definition) is 2. The van der Waals surface area contributed by atoms with Crippen LogP contribution >= 0.6 is 11.8 Å². The first kappa shape index (κ1) is 29.2. The van der Waals surface area contributed by atoms with Crippen LogP contribution in [0.15, 0.2) is 83.5 Å². The van der Waals surface area contributed by atoms with E-state index in [1.807, 2.05) is 86.6 Å². The highest BCUT2D eigenvalue weighted by atomic mass is 32.2. The van der Waals surface area contributed by atoms with Gasteiger partial charge in [-0.1, -0.05) is 74.5 Å². The predicted octanol–water partition coefficient (Wildman–Crippen LogP) is 5.36. The summed E-state index contributed by atoms with van der Waals surface area (Å²) in [7, 11) is 0. The van der Waals surface area contributed by atoms with Gasteiger partial charge in [-0.05, 0) is 54.9 Å². The highest BCUT2D eigenvalue weighted by Crippen LogP contribution is 2.15. The van der Waals surface area contributed by atoms with Crippen LogP contribution in [0, 0.1) is 5.92 Å². The summed E-state index contributed by atoms with van der Waals surface area (Å²) in [4.78, 5) is 39.3. The molecular weight excluding hydrogens is 496 g/mol. The van der Waals surface area contributed by atoms with Gasteiger partial charge in [0.2, 0.25) is 11.8 Å². The Hall–Kier alpha value is -3.32. The fraction of sp³-hybridized carbons (Fsp3) is 0.387. The largest absolute Gasteiger partial charge is 0.468 e. The van der Waals surface area contributed by atoms with E-state index in [0.717, 1.165) is 17.7 Å². The van der Waals surface area contributed by atoms with Crippen molar-refractivity contribution in [3.63, 3.8) is 0 Å². The van der Waals surface area contributed by atoms with Gasteiger partial charge in [-0.2, -0.15) is 0 Å². The molecule has 38 heavy (non-hydrogen) atoms. The number of carbonyl (C=O) groups is 3. The molecule has 3 rings (SSSR count). The van der Waals surface area contributed by atoms with Gasteiger partial charge < -0.3 is 15.1 Å². The third kappa shape index (κ3) is 10.6. The molecule has 2 amide bonds.